The largest absolute Gasteiger partial charge is 0.497 e. The maximum Gasteiger partial charge on any atom is 0.168 e. The normalized spacial score (nSPS) is 15.9. The van der Waals surface area contributed by atoms with Crippen molar-refractivity contribution >= 4 is 16.9 Å². The quantitative estimate of drug-likeness (QED) is 0.496. The smallest absolute Gasteiger partial charge is 0.168 e. The molecule has 31 heavy (non-hydrogen) atoms. The Balaban J connectivity index is 1.34. The van der Waals surface area contributed by atoms with Crippen LogP contribution in [-0.2, 0) is 0 Å². The van der Waals surface area contributed by atoms with Crippen molar-refractivity contribution in [3.63, 3.8) is 0 Å². The number of fused-ring (bicyclic) bond motifs is 1. The monoisotopic (exact) mass is 414 g/mol. The molecule has 1 unspecified atom stereocenters. The van der Waals surface area contributed by atoms with Gasteiger partial charge >= 0.3 is 0 Å². The number of methoxy groups -OCH3 is 1. The molecule has 1 aliphatic rings. The van der Waals surface area contributed by atoms with Crippen LogP contribution in [0.3, 0.4) is 0 Å². The lowest BCUT2D eigenvalue weighted by molar-refractivity contribution is 0.198. The van der Waals surface area contributed by atoms with Crippen LogP contribution in [0.2, 0.25) is 0 Å². The van der Waals surface area contributed by atoms with Gasteiger partial charge in [-0.05, 0) is 36.8 Å². The minimum absolute atomic E-state index is 0.337. The third-order valence-electron chi connectivity index (χ3n) is 6.08. The molecule has 2 aromatic carbocycles. The van der Waals surface area contributed by atoms with Crippen LogP contribution >= 0.6 is 0 Å². The van der Waals surface area contributed by atoms with Crippen molar-refractivity contribution < 1.29 is 4.74 Å². The molecule has 1 fully saturated rings. The molecule has 4 aromatic rings. The van der Waals surface area contributed by atoms with E-state index in [1.165, 1.54) is 5.56 Å². The highest BCUT2D eigenvalue weighted by Crippen LogP contribution is 2.28. The molecule has 1 aliphatic heterocycles. The summed E-state index contributed by atoms with van der Waals surface area (Å²) >= 11 is 0. The number of hydrogen-bond acceptors (Lipinski definition) is 6. The second-order valence-corrected chi connectivity index (χ2v) is 7.80. The number of ether oxygens (including phenoxy) is 1. The fourth-order valence-corrected chi connectivity index (χ4v) is 4.28. The summed E-state index contributed by atoms with van der Waals surface area (Å²) in [5.74, 6) is 1.86. The molecule has 1 saturated heterocycles. The van der Waals surface area contributed by atoms with E-state index in [2.05, 4.69) is 50.0 Å². The number of anilines is 1. The summed E-state index contributed by atoms with van der Waals surface area (Å²) in [6, 6.07) is 18.8. The van der Waals surface area contributed by atoms with Crippen molar-refractivity contribution in [2.45, 2.75) is 13.0 Å². The first-order chi connectivity index (χ1) is 15.2. The van der Waals surface area contributed by atoms with Gasteiger partial charge in [-0.25, -0.2) is 14.6 Å². The van der Waals surface area contributed by atoms with Crippen LogP contribution < -0.4 is 9.64 Å². The molecule has 0 amide bonds. The van der Waals surface area contributed by atoms with E-state index >= 15 is 0 Å². The highest BCUT2D eigenvalue weighted by molar-refractivity contribution is 5.87. The lowest BCUT2D eigenvalue weighted by atomic mass is 10.1. The van der Waals surface area contributed by atoms with Crippen molar-refractivity contribution in [1.82, 2.24) is 24.6 Å². The summed E-state index contributed by atoms with van der Waals surface area (Å²) in [6.45, 7) is 6.03. The van der Waals surface area contributed by atoms with Crippen LogP contribution in [0, 0.1) is 0 Å². The first-order valence-electron chi connectivity index (χ1n) is 10.6. The summed E-state index contributed by atoms with van der Waals surface area (Å²) in [5, 5.41) is 5.57. The highest BCUT2D eigenvalue weighted by Gasteiger charge is 2.25. The third kappa shape index (κ3) is 3.72. The van der Waals surface area contributed by atoms with Crippen LogP contribution in [-0.4, -0.2) is 57.9 Å². The maximum absolute atomic E-state index is 5.39. The van der Waals surface area contributed by atoms with E-state index < -0.39 is 0 Å². The van der Waals surface area contributed by atoms with E-state index in [1.807, 2.05) is 47.3 Å². The van der Waals surface area contributed by atoms with E-state index in [0.29, 0.717) is 6.04 Å². The number of piperazine rings is 1. The van der Waals surface area contributed by atoms with Gasteiger partial charge in [0.15, 0.2) is 5.65 Å². The summed E-state index contributed by atoms with van der Waals surface area (Å²) in [6.07, 6.45) is 3.52. The van der Waals surface area contributed by atoms with E-state index in [9.17, 15) is 0 Å². The molecule has 7 nitrogen and oxygen atoms in total. The lowest BCUT2D eigenvalue weighted by Crippen LogP contribution is -2.47. The van der Waals surface area contributed by atoms with E-state index in [-0.39, 0.29) is 0 Å². The Labute approximate surface area is 181 Å². The van der Waals surface area contributed by atoms with Gasteiger partial charge in [0.2, 0.25) is 0 Å². The second-order valence-electron chi connectivity index (χ2n) is 7.80. The van der Waals surface area contributed by atoms with Crippen molar-refractivity contribution in [3.05, 3.63) is 72.7 Å². The predicted molar refractivity (Wildman–Crippen MR) is 122 cm³/mol. The van der Waals surface area contributed by atoms with Crippen molar-refractivity contribution in [2.75, 3.05) is 38.2 Å². The van der Waals surface area contributed by atoms with Gasteiger partial charge in [-0.2, -0.15) is 5.10 Å². The first kappa shape index (κ1) is 19.5. The molecule has 0 bridgehead atoms. The SMILES string of the molecule is COc1cccc(C(C)N2CCN(c3ncnc4c3cnn4-c3ccccc3)CC2)c1. The van der Waals surface area contributed by atoms with E-state index in [1.54, 1.807) is 13.4 Å². The second kappa shape index (κ2) is 8.35. The number of para-hydroxylation sites is 1. The molecule has 0 radical (unpaired) electrons. The van der Waals surface area contributed by atoms with Gasteiger partial charge < -0.3 is 9.64 Å². The minimum Gasteiger partial charge on any atom is -0.497 e. The molecule has 0 N–H and O–H groups in total. The topological polar surface area (TPSA) is 59.3 Å². The van der Waals surface area contributed by atoms with Gasteiger partial charge in [-0.15, -0.1) is 0 Å². The first-order valence-corrected chi connectivity index (χ1v) is 10.6. The van der Waals surface area contributed by atoms with Crippen molar-refractivity contribution in [3.8, 4) is 11.4 Å². The number of rotatable bonds is 5. The van der Waals surface area contributed by atoms with Crippen LogP contribution in [0.15, 0.2) is 67.1 Å². The van der Waals surface area contributed by atoms with Crippen LogP contribution in [0.4, 0.5) is 5.82 Å². The molecular weight excluding hydrogens is 388 g/mol. The number of benzene rings is 2. The average molecular weight is 415 g/mol. The molecule has 158 valence electrons. The van der Waals surface area contributed by atoms with Gasteiger partial charge in [0.25, 0.3) is 0 Å². The molecule has 0 saturated carbocycles. The van der Waals surface area contributed by atoms with Gasteiger partial charge in [-0.1, -0.05) is 30.3 Å². The number of hydrogen-bond donors (Lipinski definition) is 0. The molecule has 0 aliphatic carbocycles. The van der Waals surface area contributed by atoms with Crippen molar-refractivity contribution in [2.24, 2.45) is 0 Å². The fraction of sp³-hybridized carbons (Fsp3) is 0.292. The highest BCUT2D eigenvalue weighted by atomic mass is 16.5. The lowest BCUT2D eigenvalue weighted by Gasteiger charge is -2.38. The summed E-state index contributed by atoms with van der Waals surface area (Å²) < 4.78 is 7.27. The molecule has 0 spiro atoms. The Bertz CT molecular complexity index is 1170. The van der Waals surface area contributed by atoms with E-state index in [4.69, 9.17) is 4.74 Å². The summed E-state index contributed by atoms with van der Waals surface area (Å²) in [4.78, 5) is 14.0. The van der Waals surface area contributed by atoms with Crippen molar-refractivity contribution in [1.29, 1.82) is 0 Å². The Morgan fingerprint density at radius 1 is 0.935 bits per heavy atom. The molecule has 3 heterocycles. The standard InChI is InChI=1S/C24H26N6O/c1-18(19-7-6-10-21(15-19)31-2)28-11-13-29(14-12-28)23-22-16-27-30(24(22)26-17-25-23)20-8-4-3-5-9-20/h3-10,15-18H,11-14H2,1-2H3. The van der Waals surface area contributed by atoms with Gasteiger partial charge in [0.1, 0.15) is 17.9 Å². The predicted octanol–water partition coefficient (Wildman–Crippen LogP) is 3.71. The molecular formula is C24H26N6O. The summed E-state index contributed by atoms with van der Waals surface area (Å²) in [5.41, 5.74) is 3.11. The van der Waals surface area contributed by atoms with Crippen LogP contribution in [0.25, 0.3) is 16.7 Å². The molecule has 1 atom stereocenters. The van der Waals surface area contributed by atoms with Gasteiger partial charge in [-0.3, -0.25) is 4.90 Å². The molecule has 7 heteroatoms. The average Bonchev–Trinajstić information content (AvgIpc) is 3.29. The summed E-state index contributed by atoms with van der Waals surface area (Å²) in [7, 11) is 1.71. The van der Waals surface area contributed by atoms with Gasteiger partial charge in [0.05, 0.1) is 24.4 Å². The fourth-order valence-electron chi connectivity index (χ4n) is 4.28. The van der Waals surface area contributed by atoms with Gasteiger partial charge in [0, 0.05) is 32.2 Å². The Kier molecular flexibility index (Phi) is 5.26. The Morgan fingerprint density at radius 3 is 2.52 bits per heavy atom. The molecule has 5 rings (SSSR count). The molecule has 2 aromatic heterocycles. The zero-order chi connectivity index (χ0) is 21.2. The van der Waals surface area contributed by atoms with E-state index in [0.717, 1.165) is 54.5 Å². The minimum atomic E-state index is 0.337. The maximum atomic E-state index is 5.39. The number of aromatic nitrogens is 4. The van der Waals surface area contributed by atoms with Crippen LogP contribution in [0.5, 0.6) is 5.75 Å². The third-order valence-corrected chi connectivity index (χ3v) is 6.08. The number of nitrogens with zero attached hydrogens (tertiary/aromatic N) is 6. The zero-order valence-electron chi connectivity index (χ0n) is 17.8. The Hall–Kier alpha value is -3.45. The zero-order valence-corrected chi connectivity index (χ0v) is 17.8. The Morgan fingerprint density at radius 2 is 1.74 bits per heavy atom. The van der Waals surface area contributed by atoms with Crippen LogP contribution in [0.1, 0.15) is 18.5 Å².